The summed E-state index contributed by atoms with van der Waals surface area (Å²) < 4.78 is 15.8. The van der Waals surface area contributed by atoms with Crippen molar-refractivity contribution in [1.82, 2.24) is 0 Å². The van der Waals surface area contributed by atoms with E-state index in [4.69, 9.17) is 0 Å². The minimum absolute atomic E-state index is 0.222. The molecule has 0 aromatic carbocycles. The first-order valence-electron chi connectivity index (χ1n) is 3.86. The van der Waals surface area contributed by atoms with Gasteiger partial charge in [0.05, 0.1) is 5.75 Å². The van der Waals surface area contributed by atoms with Crippen LogP contribution in [-0.4, -0.2) is 27.3 Å². The van der Waals surface area contributed by atoms with Gasteiger partial charge >= 0.3 is 5.97 Å². The average molecular weight is 192 g/mol. The van der Waals surface area contributed by atoms with Gasteiger partial charge in [-0.2, -0.15) is 0 Å². The largest absolute Gasteiger partial charge is 0.465 e. The number of ether oxygens (including phenoxy) is 1. The van der Waals surface area contributed by atoms with Gasteiger partial charge < -0.3 is 4.74 Å². The molecule has 0 aliphatic heterocycles. The molecule has 1 unspecified atom stereocenters. The zero-order valence-corrected chi connectivity index (χ0v) is 8.86. The third-order valence-corrected chi connectivity index (χ3v) is 3.16. The van der Waals surface area contributed by atoms with Gasteiger partial charge in [-0.1, -0.05) is 0 Å². The Morgan fingerprint density at radius 2 is 1.92 bits per heavy atom. The minimum Gasteiger partial charge on any atom is -0.465 e. The number of hydrogen-bond acceptors (Lipinski definition) is 3. The Hall–Kier alpha value is -0.380. The molecule has 0 N–H and O–H groups in total. The third-order valence-electron chi connectivity index (χ3n) is 1.26. The number of carbonyl (C=O) groups is 1. The first kappa shape index (κ1) is 11.6. The Balaban J connectivity index is 3.66. The summed E-state index contributed by atoms with van der Waals surface area (Å²) in [6.45, 7) is 7.30. The lowest BCUT2D eigenvalue weighted by molar-refractivity contribution is -0.140. The van der Waals surface area contributed by atoms with Crippen LogP contribution in [0, 0.1) is 0 Å². The maximum absolute atomic E-state index is 11.4. The third kappa shape index (κ3) is 5.29. The van der Waals surface area contributed by atoms with Crippen LogP contribution in [0.4, 0.5) is 0 Å². The molecule has 0 saturated heterocycles. The van der Waals surface area contributed by atoms with E-state index in [0.717, 1.165) is 0 Å². The number of esters is 1. The van der Waals surface area contributed by atoms with Gasteiger partial charge in [-0.15, -0.1) is 0 Å². The van der Waals surface area contributed by atoms with Gasteiger partial charge in [-0.05, 0) is 20.8 Å². The van der Waals surface area contributed by atoms with Crippen LogP contribution in [0.3, 0.4) is 0 Å². The quantitative estimate of drug-likeness (QED) is 0.629. The summed E-state index contributed by atoms with van der Waals surface area (Å²) in [5.41, 5.74) is 0. The summed E-state index contributed by atoms with van der Waals surface area (Å²) in [5, 5.41) is 0. The maximum Gasteiger partial charge on any atom is 0.302 e. The molecule has 0 aromatic rings. The van der Waals surface area contributed by atoms with Crippen molar-refractivity contribution in [1.29, 1.82) is 0 Å². The minimum atomic E-state index is -0.931. The van der Waals surface area contributed by atoms with E-state index in [2.05, 4.69) is 4.74 Å². The van der Waals surface area contributed by atoms with E-state index in [-0.39, 0.29) is 17.3 Å². The Morgan fingerprint density at radius 1 is 1.42 bits per heavy atom. The molecule has 0 aliphatic rings. The van der Waals surface area contributed by atoms with Crippen molar-refractivity contribution in [2.45, 2.75) is 32.4 Å². The van der Waals surface area contributed by atoms with E-state index >= 15 is 0 Å². The van der Waals surface area contributed by atoms with Crippen molar-refractivity contribution < 1.29 is 13.7 Å². The van der Waals surface area contributed by atoms with E-state index in [1.54, 1.807) is 0 Å². The Kier molecular flexibility index (Phi) is 4.45. The first-order valence-corrected chi connectivity index (χ1v) is 5.18. The zero-order valence-electron chi connectivity index (χ0n) is 8.05. The molecule has 3 nitrogen and oxygen atoms in total. The Labute approximate surface area is 75.9 Å². The molecule has 0 fully saturated rings. The highest BCUT2D eigenvalue weighted by molar-refractivity contribution is 7.86. The van der Waals surface area contributed by atoms with Crippen molar-refractivity contribution in [3.8, 4) is 0 Å². The van der Waals surface area contributed by atoms with Crippen molar-refractivity contribution in [2.75, 3.05) is 12.4 Å². The molecule has 1 atom stereocenters. The van der Waals surface area contributed by atoms with Crippen LogP contribution in [0.1, 0.15) is 27.7 Å². The standard InChI is InChI=1S/C8H16O3S/c1-7(9)11-5-6-12(10)8(2,3)4/h5-6H2,1-4H3. The van der Waals surface area contributed by atoms with Gasteiger partial charge in [-0.25, -0.2) is 0 Å². The average Bonchev–Trinajstić information content (AvgIpc) is 1.84. The molecule has 0 spiro atoms. The summed E-state index contributed by atoms with van der Waals surface area (Å²) in [7, 11) is -0.931. The molecule has 72 valence electrons. The molecule has 12 heavy (non-hydrogen) atoms. The van der Waals surface area contributed by atoms with Gasteiger partial charge in [0.25, 0.3) is 0 Å². The fourth-order valence-corrected chi connectivity index (χ4v) is 1.41. The van der Waals surface area contributed by atoms with Crippen molar-refractivity contribution >= 4 is 16.8 Å². The molecular formula is C8H16O3S. The first-order chi connectivity index (χ1) is 5.34. The second-order valence-electron chi connectivity index (χ2n) is 3.50. The van der Waals surface area contributed by atoms with Crippen molar-refractivity contribution in [3.05, 3.63) is 0 Å². The predicted octanol–water partition coefficient (Wildman–Crippen LogP) is 1.10. The summed E-state index contributed by atoms with van der Waals surface area (Å²) in [6, 6.07) is 0. The fraction of sp³-hybridized carbons (Fsp3) is 0.875. The van der Waals surface area contributed by atoms with Crippen LogP contribution >= 0.6 is 0 Å². The summed E-state index contributed by atoms with van der Waals surface area (Å²) >= 11 is 0. The molecule has 0 amide bonds. The Morgan fingerprint density at radius 3 is 2.25 bits per heavy atom. The lowest BCUT2D eigenvalue weighted by atomic mass is 10.3. The lowest BCUT2D eigenvalue weighted by Gasteiger charge is -2.17. The SMILES string of the molecule is CC(=O)OCCS(=O)C(C)(C)C. The summed E-state index contributed by atoms with van der Waals surface area (Å²) in [6.07, 6.45) is 0. The molecule has 0 heterocycles. The molecule has 0 aliphatic carbocycles. The van der Waals surface area contributed by atoms with E-state index in [1.807, 2.05) is 20.8 Å². The molecule has 4 heteroatoms. The van der Waals surface area contributed by atoms with Crippen LogP contribution in [0.25, 0.3) is 0 Å². The highest BCUT2D eigenvalue weighted by Gasteiger charge is 2.18. The number of carbonyl (C=O) groups excluding carboxylic acids is 1. The van der Waals surface area contributed by atoms with Gasteiger partial charge in [0.1, 0.15) is 6.61 Å². The van der Waals surface area contributed by atoms with Gasteiger partial charge in [0.15, 0.2) is 0 Å². The van der Waals surface area contributed by atoms with Crippen LogP contribution in [0.2, 0.25) is 0 Å². The molecule has 0 aromatic heterocycles. The molecule has 0 saturated carbocycles. The normalized spacial score (nSPS) is 14.0. The second-order valence-corrected chi connectivity index (χ2v) is 5.83. The monoisotopic (exact) mass is 192 g/mol. The van der Waals surface area contributed by atoms with Crippen molar-refractivity contribution in [2.24, 2.45) is 0 Å². The van der Waals surface area contributed by atoms with Crippen LogP contribution < -0.4 is 0 Å². The zero-order chi connectivity index (χ0) is 9.78. The summed E-state index contributed by atoms with van der Waals surface area (Å²) in [4.78, 5) is 10.4. The number of rotatable bonds is 3. The van der Waals surface area contributed by atoms with E-state index in [1.165, 1.54) is 6.92 Å². The molecule has 0 rings (SSSR count). The maximum atomic E-state index is 11.4. The topological polar surface area (TPSA) is 43.4 Å². The lowest BCUT2D eigenvalue weighted by Crippen LogP contribution is -2.26. The Bertz CT molecular complexity index is 181. The van der Waals surface area contributed by atoms with E-state index in [0.29, 0.717) is 5.75 Å². The van der Waals surface area contributed by atoms with Crippen LogP contribution in [-0.2, 0) is 20.3 Å². The predicted molar refractivity (Wildman–Crippen MR) is 49.4 cm³/mol. The molecular weight excluding hydrogens is 176 g/mol. The van der Waals surface area contributed by atoms with Crippen molar-refractivity contribution in [3.63, 3.8) is 0 Å². The van der Waals surface area contributed by atoms with E-state index < -0.39 is 10.8 Å². The van der Waals surface area contributed by atoms with Gasteiger partial charge in [0, 0.05) is 22.5 Å². The van der Waals surface area contributed by atoms with E-state index in [9.17, 15) is 9.00 Å². The summed E-state index contributed by atoms with van der Waals surface area (Å²) in [5.74, 6) is 0.101. The highest BCUT2D eigenvalue weighted by Crippen LogP contribution is 2.10. The van der Waals surface area contributed by atoms with Gasteiger partial charge in [-0.3, -0.25) is 9.00 Å². The van der Waals surface area contributed by atoms with Crippen LogP contribution in [0.15, 0.2) is 0 Å². The molecule has 0 radical (unpaired) electrons. The smallest absolute Gasteiger partial charge is 0.302 e. The van der Waals surface area contributed by atoms with Crippen LogP contribution in [0.5, 0.6) is 0 Å². The second kappa shape index (κ2) is 4.60. The van der Waals surface area contributed by atoms with Gasteiger partial charge in [0.2, 0.25) is 0 Å². The fourth-order valence-electron chi connectivity index (χ4n) is 0.567. The molecule has 0 bridgehead atoms. The number of hydrogen-bond donors (Lipinski definition) is 0. The highest BCUT2D eigenvalue weighted by atomic mass is 32.2.